The highest BCUT2D eigenvalue weighted by atomic mass is 35.5. The highest BCUT2D eigenvalue weighted by molar-refractivity contribution is 8.15. The summed E-state index contributed by atoms with van der Waals surface area (Å²) in [5.74, 6) is 0.786. The Balaban J connectivity index is 0.00000370. The van der Waals surface area contributed by atoms with Crippen LogP contribution in [-0.2, 0) is 17.3 Å². The summed E-state index contributed by atoms with van der Waals surface area (Å²) in [5.41, 5.74) is 3.39. The predicted molar refractivity (Wildman–Crippen MR) is 161 cm³/mol. The zero-order valence-electron chi connectivity index (χ0n) is 21.2. The van der Waals surface area contributed by atoms with Crippen molar-refractivity contribution in [1.29, 1.82) is 0 Å². The number of aliphatic hydroxyl groups is 2. The van der Waals surface area contributed by atoms with E-state index in [1.165, 1.54) is 12.1 Å². The molecule has 2 aliphatic rings. The van der Waals surface area contributed by atoms with Gasteiger partial charge in [0.15, 0.2) is 0 Å². The summed E-state index contributed by atoms with van der Waals surface area (Å²) in [6, 6.07) is 21.6. The fourth-order valence-electron chi connectivity index (χ4n) is 3.99. The largest absolute Gasteiger partial charge is 0.487 e. The molecule has 1 unspecified atom stereocenters. The average molecular weight is 605 g/mol. The Hall–Kier alpha value is -3.18. The van der Waals surface area contributed by atoms with Crippen molar-refractivity contribution in [2.45, 2.75) is 19.3 Å². The van der Waals surface area contributed by atoms with E-state index in [-0.39, 0.29) is 38.0 Å². The lowest BCUT2D eigenvalue weighted by Gasteiger charge is -2.28. The Labute approximate surface area is 245 Å². The Bertz CT molecular complexity index is 1470. The van der Waals surface area contributed by atoms with E-state index in [0.29, 0.717) is 34.4 Å². The van der Waals surface area contributed by atoms with E-state index < -0.39 is 16.9 Å². The number of hydrogen-bond acceptors (Lipinski definition) is 7. The minimum absolute atomic E-state index is 0. The van der Waals surface area contributed by atoms with Gasteiger partial charge in [-0.05, 0) is 63.7 Å². The number of benzene rings is 3. The summed E-state index contributed by atoms with van der Waals surface area (Å²) >= 11 is 6.49. The molecule has 40 heavy (non-hydrogen) atoms. The smallest absolute Gasteiger partial charge is 0.142 e. The zero-order valence-corrected chi connectivity index (χ0v) is 23.6. The van der Waals surface area contributed by atoms with Crippen LogP contribution in [0.5, 0.6) is 5.75 Å². The van der Waals surface area contributed by atoms with Gasteiger partial charge in [0, 0.05) is 17.8 Å². The van der Waals surface area contributed by atoms with E-state index >= 15 is 0 Å². The third-order valence-electron chi connectivity index (χ3n) is 5.89. The fraction of sp³-hybridized carbons (Fsp3) is 0.172. The maximum absolute atomic E-state index is 13.4. The highest BCUT2D eigenvalue weighted by Gasteiger charge is 2.27. The molecule has 0 aromatic heterocycles. The number of ether oxygens (including phenoxy) is 1. The topological polar surface area (TPSA) is 86.5 Å². The number of aliphatic hydroxyl groups excluding tert-OH is 2. The van der Waals surface area contributed by atoms with Crippen molar-refractivity contribution in [3.8, 4) is 5.75 Å². The minimum atomic E-state index is -0.958. The lowest BCUT2D eigenvalue weighted by Crippen LogP contribution is -2.33. The van der Waals surface area contributed by atoms with E-state index in [9.17, 15) is 14.6 Å². The number of rotatable bonds is 11. The molecule has 0 spiro atoms. The van der Waals surface area contributed by atoms with Crippen molar-refractivity contribution in [2.24, 2.45) is 4.99 Å². The second-order valence-electron chi connectivity index (χ2n) is 8.84. The van der Waals surface area contributed by atoms with Gasteiger partial charge in [-0.2, -0.15) is 0 Å². The number of nitrogens with one attached hydrogen (secondary N) is 1. The van der Waals surface area contributed by atoms with Crippen molar-refractivity contribution in [2.75, 3.05) is 18.5 Å². The van der Waals surface area contributed by atoms with Crippen molar-refractivity contribution in [1.82, 2.24) is 4.90 Å². The first-order valence-corrected chi connectivity index (χ1v) is 13.8. The van der Waals surface area contributed by atoms with Gasteiger partial charge in [-0.25, -0.2) is 9.38 Å². The summed E-state index contributed by atoms with van der Waals surface area (Å²) in [7, 11) is -0.750. The maximum Gasteiger partial charge on any atom is 0.142 e. The van der Waals surface area contributed by atoms with Crippen LogP contribution in [-0.4, -0.2) is 45.8 Å². The van der Waals surface area contributed by atoms with Crippen LogP contribution in [0.15, 0.2) is 101 Å². The molecule has 3 aromatic rings. The molecule has 2 aliphatic heterocycles. The molecule has 210 valence electrons. The molecule has 2 atom stereocenters. The molecular weight excluding hydrogens is 576 g/mol. The van der Waals surface area contributed by atoms with Crippen molar-refractivity contribution < 1.29 is 23.5 Å². The Morgan fingerprint density at radius 1 is 1.05 bits per heavy atom. The molecule has 0 bridgehead atoms. The molecule has 11 heteroatoms. The Kier molecular flexibility index (Phi) is 10.4. The molecule has 0 saturated heterocycles. The van der Waals surface area contributed by atoms with Gasteiger partial charge < -0.3 is 29.3 Å². The van der Waals surface area contributed by atoms with E-state index in [2.05, 4.69) is 10.3 Å². The molecule has 2 heterocycles. The third-order valence-corrected chi connectivity index (χ3v) is 7.80. The molecule has 0 fully saturated rings. The molecular formula is C29H28Cl2FN3O4S. The van der Waals surface area contributed by atoms with Crippen molar-refractivity contribution in [3.63, 3.8) is 0 Å². The molecule has 7 nitrogen and oxygen atoms in total. The normalized spacial score (nSPS) is 16.6. The van der Waals surface area contributed by atoms with Crippen molar-refractivity contribution in [3.05, 3.63) is 118 Å². The summed E-state index contributed by atoms with van der Waals surface area (Å²) in [4.78, 5) is 7.61. The van der Waals surface area contributed by atoms with Gasteiger partial charge in [0.1, 0.15) is 35.1 Å². The zero-order chi connectivity index (χ0) is 27.2. The molecule has 0 aliphatic carbocycles. The number of hydrogen-bond donors (Lipinski definition) is 3. The van der Waals surface area contributed by atoms with Crippen LogP contribution in [0.2, 0.25) is 5.02 Å². The monoisotopic (exact) mass is 603 g/mol. The van der Waals surface area contributed by atoms with E-state index in [1.54, 1.807) is 30.6 Å². The van der Waals surface area contributed by atoms with Gasteiger partial charge in [0.05, 0.1) is 24.6 Å². The van der Waals surface area contributed by atoms with Crippen LogP contribution < -0.4 is 10.1 Å². The standard InChI is InChI=1S/C29H27ClFN3O4S.ClH/c30-26-14-23(9-10-27(26)37-17-21-7-4-8-22(31)13-21)33-28-25-11-12-39(38-18-24(36)16-35)29(25)34(19-32-28)15-20-5-2-1-3-6-20;/h1-14,19,24,33,35-36H,15-18H2;1H/t24-,39?;/m0./s1. The molecule has 0 radical (unpaired) electrons. The number of anilines is 1. The van der Waals surface area contributed by atoms with Crippen LogP contribution in [0.25, 0.3) is 0 Å². The number of halogens is 3. The van der Waals surface area contributed by atoms with Gasteiger partial charge in [-0.15, -0.1) is 12.4 Å². The van der Waals surface area contributed by atoms with Gasteiger partial charge in [0.2, 0.25) is 0 Å². The van der Waals surface area contributed by atoms with Crippen LogP contribution in [0.4, 0.5) is 10.1 Å². The lowest BCUT2D eigenvalue weighted by atomic mass is 10.1. The summed E-state index contributed by atoms with van der Waals surface area (Å²) < 4.78 is 25.2. The predicted octanol–water partition coefficient (Wildman–Crippen LogP) is 5.86. The number of fused-ring (bicyclic) bond motifs is 1. The van der Waals surface area contributed by atoms with Crippen LogP contribution in [0.3, 0.4) is 0 Å². The lowest BCUT2D eigenvalue weighted by molar-refractivity contribution is 0.0603. The summed E-state index contributed by atoms with van der Waals surface area (Å²) in [6.07, 6.45) is 2.74. The molecule has 0 saturated carbocycles. The van der Waals surface area contributed by atoms with Gasteiger partial charge >= 0.3 is 0 Å². The molecule has 0 amide bonds. The minimum Gasteiger partial charge on any atom is -0.487 e. The fourth-order valence-corrected chi connectivity index (χ4v) is 5.83. The molecule has 3 aromatic carbocycles. The van der Waals surface area contributed by atoms with Gasteiger partial charge in [-0.1, -0.05) is 54.1 Å². The van der Waals surface area contributed by atoms with Crippen molar-refractivity contribution >= 4 is 51.8 Å². The first kappa shape index (κ1) is 29.8. The van der Waals surface area contributed by atoms with E-state index in [1.807, 2.05) is 52.8 Å². The highest BCUT2D eigenvalue weighted by Crippen LogP contribution is 2.37. The SMILES string of the molecule is Cl.OC[C@H](O)COS1=C2C(=C(Nc3ccc(OCc4cccc(F)c4)c(Cl)c3)N=CN2Cc2ccccc2)C=C1. The second kappa shape index (κ2) is 13.9. The maximum atomic E-state index is 13.4. The molecule has 5 rings (SSSR count). The van der Waals surface area contributed by atoms with Crippen LogP contribution >= 0.6 is 34.8 Å². The van der Waals surface area contributed by atoms with Gasteiger partial charge in [0.25, 0.3) is 0 Å². The first-order valence-electron chi connectivity index (χ1n) is 12.2. The quantitative estimate of drug-likeness (QED) is 0.238. The number of nitrogens with zero attached hydrogens (tertiary/aromatic N) is 2. The summed E-state index contributed by atoms with van der Waals surface area (Å²) in [6.45, 7) is 0.421. The first-order chi connectivity index (χ1) is 19.0. The van der Waals surface area contributed by atoms with Crippen LogP contribution in [0, 0.1) is 5.82 Å². The average Bonchev–Trinajstić information content (AvgIpc) is 3.38. The van der Waals surface area contributed by atoms with Gasteiger partial charge in [-0.3, -0.25) is 0 Å². The Morgan fingerprint density at radius 3 is 2.60 bits per heavy atom. The second-order valence-corrected chi connectivity index (χ2v) is 10.7. The van der Waals surface area contributed by atoms with E-state index in [4.69, 9.17) is 20.5 Å². The number of aliphatic imine (C=N–C) groups is 1. The summed E-state index contributed by atoms with van der Waals surface area (Å²) in [5, 5.41) is 24.7. The van der Waals surface area contributed by atoms with Crippen LogP contribution in [0.1, 0.15) is 11.1 Å². The van der Waals surface area contributed by atoms with E-state index in [0.717, 1.165) is 16.1 Å². The Morgan fingerprint density at radius 2 is 1.85 bits per heavy atom. The third kappa shape index (κ3) is 7.31. The molecule has 3 N–H and O–H groups in total.